The summed E-state index contributed by atoms with van der Waals surface area (Å²) in [6.45, 7) is 3.07. The molecule has 7 nitrogen and oxygen atoms in total. The Morgan fingerprint density at radius 2 is 1.89 bits per heavy atom. The van der Waals surface area contributed by atoms with Crippen LogP contribution >= 0.6 is 11.8 Å². The van der Waals surface area contributed by atoms with Gasteiger partial charge in [0.1, 0.15) is 6.04 Å². The summed E-state index contributed by atoms with van der Waals surface area (Å²) in [5.74, 6) is -3.19. The summed E-state index contributed by atoms with van der Waals surface area (Å²) in [5.41, 5.74) is 0.677. The fourth-order valence-electron chi connectivity index (χ4n) is 3.37. The van der Waals surface area contributed by atoms with Gasteiger partial charge < -0.3 is 14.7 Å². The maximum absolute atomic E-state index is 13.1. The Morgan fingerprint density at radius 1 is 1.26 bits per heavy atom. The number of benzene rings is 1. The van der Waals surface area contributed by atoms with Crippen molar-refractivity contribution < 1.29 is 29.0 Å². The molecule has 0 spiro atoms. The molecule has 0 saturated carbocycles. The summed E-state index contributed by atoms with van der Waals surface area (Å²) in [4.78, 5) is 49.7. The van der Waals surface area contributed by atoms with Gasteiger partial charge in [0.2, 0.25) is 5.91 Å². The lowest BCUT2D eigenvalue weighted by molar-refractivity contribution is -0.152. The average molecular weight is 393 g/mol. The van der Waals surface area contributed by atoms with Gasteiger partial charge in [-0.15, -0.1) is 0 Å². The van der Waals surface area contributed by atoms with E-state index in [0.717, 1.165) is 11.8 Å². The van der Waals surface area contributed by atoms with Gasteiger partial charge in [-0.2, -0.15) is 0 Å². The van der Waals surface area contributed by atoms with Crippen molar-refractivity contribution in [2.75, 3.05) is 12.9 Å². The molecular formula is C19H23NO6S. The minimum absolute atomic E-state index is 0.0140. The summed E-state index contributed by atoms with van der Waals surface area (Å²) in [7, 11) is 1.25. The fraction of sp³-hybridized carbons (Fsp3) is 0.474. The van der Waals surface area contributed by atoms with E-state index in [2.05, 4.69) is 0 Å². The Hall–Kier alpha value is -2.35. The van der Waals surface area contributed by atoms with Crippen molar-refractivity contribution in [3.05, 3.63) is 35.9 Å². The number of carbonyl (C=O) groups excluding carboxylic acids is 3. The number of carboxylic acid groups (broad SMARTS) is 1. The van der Waals surface area contributed by atoms with Crippen molar-refractivity contribution in [3.8, 4) is 0 Å². The number of aliphatic carboxylic acids is 1. The van der Waals surface area contributed by atoms with Crippen molar-refractivity contribution in [1.82, 2.24) is 4.90 Å². The largest absolute Gasteiger partial charge is 0.480 e. The second-order valence-electron chi connectivity index (χ2n) is 6.52. The minimum Gasteiger partial charge on any atom is -0.480 e. The van der Waals surface area contributed by atoms with Crippen LogP contribution in [0.3, 0.4) is 0 Å². The van der Waals surface area contributed by atoms with Crippen LogP contribution in [0.2, 0.25) is 0 Å². The van der Waals surface area contributed by atoms with E-state index in [1.54, 1.807) is 37.3 Å². The molecule has 27 heavy (non-hydrogen) atoms. The van der Waals surface area contributed by atoms with E-state index in [-0.39, 0.29) is 17.3 Å². The van der Waals surface area contributed by atoms with Gasteiger partial charge in [0.25, 0.3) is 0 Å². The Morgan fingerprint density at radius 3 is 2.41 bits per heavy atom. The molecule has 1 saturated heterocycles. The molecule has 0 unspecified atom stereocenters. The number of carboxylic acids is 1. The minimum atomic E-state index is -1.16. The highest BCUT2D eigenvalue weighted by atomic mass is 32.2. The lowest BCUT2D eigenvalue weighted by atomic mass is 9.93. The number of nitrogens with zero attached hydrogens (tertiary/aromatic N) is 1. The number of thioether (sulfide) groups is 1. The van der Waals surface area contributed by atoms with Crippen LogP contribution in [0.5, 0.6) is 0 Å². The van der Waals surface area contributed by atoms with E-state index in [4.69, 9.17) is 4.74 Å². The Balaban J connectivity index is 2.43. The molecule has 1 aromatic carbocycles. The molecule has 1 aromatic rings. The highest BCUT2D eigenvalue weighted by molar-refractivity contribution is 8.13. The first kappa shape index (κ1) is 21.0. The average Bonchev–Trinajstić information content (AvgIpc) is 3.06. The van der Waals surface area contributed by atoms with Crippen LogP contribution < -0.4 is 0 Å². The maximum Gasteiger partial charge on any atom is 0.326 e. The lowest BCUT2D eigenvalue weighted by Gasteiger charge is -2.32. The van der Waals surface area contributed by atoms with Gasteiger partial charge in [0.05, 0.1) is 19.1 Å². The molecule has 1 aliphatic rings. The third-order valence-corrected chi connectivity index (χ3v) is 5.71. The van der Waals surface area contributed by atoms with Crippen LogP contribution in [0, 0.1) is 11.8 Å². The third kappa shape index (κ3) is 4.68. The summed E-state index contributed by atoms with van der Waals surface area (Å²) in [6, 6.07) is 7.03. The van der Waals surface area contributed by atoms with Crippen LogP contribution in [0.15, 0.2) is 30.3 Å². The first-order chi connectivity index (χ1) is 12.8. The monoisotopic (exact) mass is 393 g/mol. The zero-order valence-corrected chi connectivity index (χ0v) is 16.3. The molecule has 1 amide bonds. The molecule has 146 valence electrons. The molecule has 8 heteroatoms. The predicted molar refractivity (Wildman–Crippen MR) is 99.9 cm³/mol. The molecule has 0 aliphatic carbocycles. The molecule has 0 aromatic heterocycles. The summed E-state index contributed by atoms with van der Waals surface area (Å²) in [5, 5.41) is 9.55. The van der Waals surface area contributed by atoms with Gasteiger partial charge in [-0.1, -0.05) is 49.0 Å². The summed E-state index contributed by atoms with van der Waals surface area (Å²) < 4.78 is 4.86. The van der Waals surface area contributed by atoms with Crippen LogP contribution in [-0.2, 0) is 23.9 Å². The van der Waals surface area contributed by atoms with E-state index >= 15 is 0 Å². The first-order valence-electron chi connectivity index (χ1n) is 8.59. The molecule has 1 fully saturated rings. The van der Waals surface area contributed by atoms with Crippen LogP contribution in [0.1, 0.15) is 31.9 Å². The number of amides is 1. The number of hydrogen-bond acceptors (Lipinski definition) is 6. The Bertz CT molecular complexity index is 722. The highest BCUT2D eigenvalue weighted by Crippen LogP contribution is 2.42. The van der Waals surface area contributed by atoms with Crippen LogP contribution in [0.25, 0.3) is 0 Å². The molecule has 1 heterocycles. The summed E-state index contributed by atoms with van der Waals surface area (Å²) >= 11 is 1.02. The topological polar surface area (TPSA) is 101 Å². The van der Waals surface area contributed by atoms with E-state index < -0.39 is 41.8 Å². The van der Waals surface area contributed by atoms with Gasteiger partial charge in [0, 0.05) is 18.6 Å². The highest BCUT2D eigenvalue weighted by Gasteiger charge is 2.51. The molecular weight excluding hydrogens is 370 g/mol. The second-order valence-corrected chi connectivity index (χ2v) is 7.72. The molecule has 0 bridgehead atoms. The number of rotatable bonds is 6. The third-order valence-electron chi connectivity index (χ3n) is 4.64. The number of ether oxygens (including phenoxy) is 1. The molecule has 0 radical (unpaired) electrons. The molecule has 1 aliphatic heterocycles. The molecule has 4 atom stereocenters. The van der Waals surface area contributed by atoms with Crippen molar-refractivity contribution in [2.24, 2.45) is 11.8 Å². The van der Waals surface area contributed by atoms with E-state index in [1.807, 2.05) is 0 Å². The van der Waals surface area contributed by atoms with Crippen molar-refractivity contribution in [1.29, 1.82) is 0 Å². The number of hydrogen-bond donors (Lipinski definition) is 1. The molecule has 2 rings (SSSR count). The van der Waals surface area contributed by atoms with Gasteiger partial charge >= 0.3 is 11.9 Å². The first-order valence-corrected chi connectivity index (χ1v) is 9.57. The smallest absolute Gasteiger partial charge is 0.326 e. The SMILES string of the molecule is COC(=O)[C@H]1C[C@@H](C(=O)O)N(C(=O)[C@H](C)CSC(C)=O)[C@H]1c1ccccc1. The van der Waals surface area contributed by atoms with Crippen LogP contribution in [0.4, 0.5) is 0 Å². The van der Waals surface area contributed by atoms with Gasteiger partial charge in [-0.05, 0) is 12.0 Å². The van der Waals surface area contributed by atoms with Crippen molar-refractivity contribution >= 4 is 34.7 Å². The fourth-order valence-corrected chi connectivity index (χ4v) is 4.00. The lowest BCUT2D eigenvalue weighted by Crippen LogP contribution is -2.45. The standard InChI is InChI=1S/C19H23NO6S/c1-11(10-27-12(2)21)17(22)20-15(18(23)24)9-14(19(25)26-3)16(20)13-7-5-4-6-8-13/h4-8,11,14-16H,9-10H2,1-3H3,(H,23,24)/t11-,14+,15+,16+/m1/s1. The summed E-state index contributed by atoms with van der Waals surface area (Å²) in [6.07, 6.45) is -0.0140. The van der Waals surface area contributed by atoms with E-state index in [1.165, 1.54) is 18.9 Å². The number of likely N-dealkylation sites (tertiary alicyclic amines) is 1. The number of methoxy groups -OCH3 is 1. The van der Waals surface area contributed by atoms with E-state index in [9.17, 15) is 24.3 Å². The predicted octanol–water partition coefficient (Wildman–Crippen LogP) is 2.12. The van der Waals surface area contributed by atoms with Crippen molar-refractivity contribution in [3.63, 3.8) is 0 Å². The normalized spacial score (nSPS) is 22.9. The quantitative estimate of drug-likeness (QED) is 0.739. The number of esters is 1. The van der Waals surface area contributed by atoms with Gasteiger partial charge in [-0.25, -0.2) is 4.79 Å². The Labute approximate surface area is 162 Å². The second kappa shape index (κ2) is 9.03. The van der Waals surface area contributed by atoms with Gasteiger partial charge in [0.15, 0.2) is 5.12 Å². The zero-order chi connectivity index (χ0) is 20.1. The van der Waals surface area contributed by atoms with Crippen LogP contribution in [-0.4, -0.2) is 51.9 Å². The zero-order valence-electron chi connectivity index (χ0n) is 15.5. The maximum atomic E-state index is 13.1. The van der Waals surface area contributed by atoms with E-state index in [0.29, 0.717) is 5.56 Å². The van der Waals surface area contributed by atoms with Gasteiger partial charge in [-0.3, -0.25) is 14.4 Å². The Kier molecular flexibility index (Phi) is 7.01. The number of carbonyl (C=O) groups is 4. The van der Waals surface area contributed by atoms with Crippen molar-refractivity contribution in [2.45, 2.75) is 32.4 Å². The molecule has 1 N–H and O–H groups in total.